The number of benzene rings is 1. The van der Waals surface area contributed by atoms with E-state index < -0.39 is 0 Å². The smallest absolute Gasteiger partial charge is 0.123 e. The molecule has 1 aromatic rings. The summed E-state index contributed by atoms with van der Waals surface area (Å²) in [6.45, 7) is 2.27. The summed E-state index contributed by atoms with van der Waals surface area (Å²) in [5.41, 5.74) is 1.18. The van der Waals surface area contributed by atoms with E-state index in [-0.39, 0.29) is 0 Å². The number of methoxy groups -OCH3 is 2. The summed E-state index contributed by atoms with van der Waals surface area (Å²) in [5, 5.41) is 0. The molecule has 1 rings (SSSR count). The molecule has 22 heavy (non-hydrogen) atoms. The highest BCUT2D eigenvalue weighted by atomic mass is 79.9. The second kappa shape index (κ2) is 11.8. The summed E-state index contributed by atoms with van der Waals surface area (Å²) >= 11 is 3.81. The van der Waals surface area contributed by atoms with Crippen molar-refractivity contribution in [2.24, 2.45) is 0 Å². The Morgan fingerprint density at radius 2 is 1.55 bits per heavy atom. The molecule has 0 saturated heterocycles. The molecule has 0 aliphatic heterocycles. The van der Waals surface area contributed by atoms with Gasteiger partial charge in [0, 0.05) is 10.4 Å². The Morgan fingerprint density at radius 1 is 0.909 bits per heavy atom. The van der Waals surface area contributed by atoms with Gasteiger partial charge in [-0.25, -0.2) is 0 Å². The first-order chi connectivity index (χ1) is 10.7. The van der Waals surface area contributed by atoms with E-state index in [4.69, 9.17) is 9.47 Å². The standard InChI is InChI=1S/C19H31BrO2/c1-4-5-6-7-8-9-10-11-12-18(20)17-15-16(21-2)13-14-19(17)22-3/h13-15,18H,4-12H2,1-3H3. The topological polar surface area (TPSA) is 18.5 Å². The molecule has 0 aliphatic rings. The molecule has 0 fully saturated rings. The first-order valence-electron chi connectivity index (χ1n) is 8.59. The Bertz CT molecular complexity index is 406. The van der Waals surface area contributed by atoms with Crippen LogP contribution in [0.5, 0.6) is 11.5 Å². The second-order valence-electron chi connectivity index (χ2n) is 5.84. The molecule has 126 valence electrons. The van der Waals surface area contributed by atoms with Crippen LogP contribution < -0.4 is 9.47 Å². The molecular formula is C19H31BrO2. The summed E-state index contributed by atoms with van der Waals surface area (Å²) < 4.78 is 10.8. The van der Waals surface area contributed by atoms with Gasteiger partial charge in [-0.1, -0.05) is 74.2 Å². The van der Waals surface area contributed by atoms with E-state index in [1.807, 2.05) is 12.1 Å². The molecule has 0 bridgehead atoms. The van der Waals surface area contributed by atoms with E-state index in [1.54, 1.807) is 14.2 Å². The van der Waals surface area contributed by atoms with Gasteiger partial charge in [-0.15, -0.1) is 0 Å². The minimum atomic E-state index is 0.331. The number of unbranched alkanes of at least 4 members (excludes halogenated alkanes) is 7. The maximum Gasteiger partial charge on any atom is 0.123 e. The molecule has 0 heterocycles. The van der Waals surface area contributed by atoms with Crippen LogP contribution in [-0.4, -0.2) is 14.2 Å². The lowest BCUT2D eigenvalue weighted by Gasteiger charge is -2.15. The molecule has 0 aliphatic carbocycles. The first-order valence-corrected chi connectivity index (χ1v) is 9.50. The van der Waals surface area contributed by atoms with Gasteiger partial charge in [0.25, 0.3) is 0 Å². The Labute approximate surface area is 144 Å². The predicted octanol–water partition coefficient (Wildman–Crippen LogP) is 6.67. The Balaban J connectivity index is 2.31. The zero-order valence-electron chi connectivity index (χ0n) is 14.4. The zero-order chi connectivity index (χ0) is 16.2. The molecule has 1 unspecified atom stereocenters. The van der Waals surface area contributed by atoms with Gasteiger partial charge in [0.1, 0.15) is 11.5 Å². The largest absolute Gasteiger partial charge is 0.497 e. The average molecular weight is 371 g/mol. The van der Waals surface area contributed by atoms with Crippen molar-refractivity contribution in [3.63, 3.8) is 0 Å². The van der Waals surface area contributed by atoms with E-state index >= 15 is 0 Å². The normalized spacial score (nSPS) is 12.2. The highest BCUT2D eigenvalue weighted by molar-refractivity contribution is 9.09. The number of ether oxygens (including phenoxy) is 2. The number of hydrogen-bond donors (Lipinski definition) is 0. The molecule has 2 nitrogen and oxygen atoms in total. The van der Waals surface area contributed by atoms with Crippen LogP contribution in [0, 0.1) is 0 Å². The van der Waals surface area contributed by atoms with Crippen LogP contribution >= 0.6 is 15.9 Å². The van der Waals surface area contributed by atoms with Gasteiger partial charge in [0.15, 0.2) is 0 Å². The summed E-state index contributed by atoms with van der Waals surface area (Å²) in [5.74, 6) is 1.82. The minimum absolute atomic E-state index is 0.331. The molecule has 3 heteroatoms. The van der Waals surface area contributed by atoms with Crippen LogP contribution in [-0.2, 0) is 0 Å². The van der Waals surface area contributed by atoms with Gasteiger partial charge < -0.3 is 9.47 Å². The van der Waals surface area contributed by atoms with E-state index in [1.165, 1.54) is 56.9 Å². The van der Waals surface area contributed by atoms with Crippen molar-refractivity contribution in [2.45, 2.75) is 69.5 Å². The number of hydrogen-bond acceptors (Lipinski definition) is 2. The average Bonchev–Trinajstić information content (AvgIpc) is 2.56. The molecular weight excluding hydrogens is 340 g/mol. The second-order valence-corrected chi connectivity index (χ2v) is 6.94. The maximum absolute atomic E-state index is 5.46. The predicted molar refractivity (Wildman–Crippen MR) is 98.4 cm³/mol. The Morgan fingerprint density at radius 3 is 2.14 bits per heavy atom. The fourth-order valence-corrected chi connectivity index (χ4v) is 3.38. The van der Waals surface area contributed by atoms with Gasteiger partial charge in [0.2, 0.25) is 0 Å². The lowest BCUT2D eigenvalue weighted by atomic mass is 10.0. The van der Waals surface area contributed by atoms with Crippen molar-refractivity contribution in [1.82, 2.24) is 0 Å². The third-order valence-electron chi connectivity index (χ3n) is 4.09. The van der Waals surface area contributed by atoms with Crippen LogP contribution in [0.3, 0.4) is 0 Å². The van der Waals surface area contributed by atoms with E-state index in [0.29, 0.717) is 4.83 Å². The molecule has 0 spiro atoms. The first kappa shape index (κ1) is 19.3. The van der Waals surface area contributed by atoms with Crippen molar-refractivity contribution < 1.29 is 9.47 Å². The molecule has 0 aromatic heterocycles. The van der Waals surface area contributed by atoms with Crippen LogP contribution in [0.2, 0.25) is 0 Å². The quantitative estimate of drug-likeness (QED) is 0.302. The maximum atomic E-state index is 5.46. The lowest BCUT2D eigenvalue weighted by Crippen LogP contribution is -1.97. The summed E-state index contributed by atoms with van der Waals surface area (Å²) in [6, 6.07) is 6.00. The van der Waals surface area contributed by atoms with Gasteiger partial charge >= 0.3 is 0 Å². The van der Waals surface area contributed by atoms with Crippen molar-refractivity contribution >= 4 is 15.9 Å². The number of halogens is 1. The summed E-state index contributed by atoms with van der Waals surface area (Å²) in [7, 11) is 3.43. The zero-order valence-corrected chi connectivity index (χ0v) is 16.0. The fourth-order valence-electron chi connectivity index (χ4n) is 2.70. The van der Waals surface area contributed by atoms with Gasteiger partial charge in [0.05, 0.1) is 14.2 Å². The lowest BCUT2D eigenvalue weighted by molar-refractivity contribution is 0.397. The van der Waals surface area contributed by atoms with Crippen LogP contribution in [0.1, 0.15) is 75.1 Å². The highest BCUT2D eigenvalue weighted by Gasteiger charge is 2.14. The highest BCUT2D eigenvalue weighted by Crippen LogP contribution is 2.37. The van der Waals surface area contributed by atoms with Crippen LogP contribution in [0.25, 0.3) is 0 Å². The Kier molecular flexibility index (Phi) is 10.4. The van der Waals surface area contributed by atoms with Gasteiger partial charge in [-0.05, 0) is 24.6 Å². The molecule has 0 amide bonds. The molecule has 0 N–H and O–H groups in total. The van der Waals surface area contributed by atoms with Crippen molar-refractivity contribution in [3.05, 3.63) is 23.8 Å². The van der Waals surface area contributed by atoms with Crippen LogP contribution in [0.4, 0.5) is 0 Å². The van der Waals surface area contributed by atoms with E-state index in [9.17, 15) is 0 Å². The van der Waals surface area contributed by atoms with Crippen molar-refractivity contribution in [2.75, 3.05) is 14.2 Å². The van der Waals surface area contributed by atoms with Gasteiger partial charge in [-0.3, -0.25) is 0 Å². The molecule has 0 saturated carbocycles. The molecule has 1 atom stereocenters. The van der Waals surface area contributed by atoms with E-state index in [2.05, 4.69) is 28.9 Å². The van der Waals surface area contributed by atoms with Gasteiger partial charge in [-0.2, -0.15) is 0 Å². The number of rotatable bonds is 12. The minimum Gasteiger partial charge on any atom is -0.497 e. The SMILES string of the molecule is CCCCCCCCCCC(Br)c1cc(OC)ccc1OC. The third kappa shape index (κ3) is 7.04. The monoisotopic (exact) mass is 370 g/mol. The van der Waals surface area contributed by atoms with E-state index in [0.717, 1.165) is 17.9 Å². The molecule has 1 aromatic carbocycles. The third-order valence-corrected chi connectivity index (χ3v) is 5.04. The summed E-state index contributed by atoms with van der Waals surface area (Å²) in [4.78, 5) is 0.331. The summed E-state index contributed by atoms with van der Waals surface area (Å²) in [6.07, 6.45) is 12.0. The number of alkyl halides is 1. The van der Waals surface area contributed by atoms with Crippen molar-refractivity contribution in [1.29, 1.82) is 0 Å². The van der Waals surface area contributed by atoms with Crippen molar-refractivity contribution in [3.8, 4) is 11.5 Å². The fraction of sp³-hybridized carbons (Fsp3) is 0.684. The molecule has 0 radical (unpaired) electrons. The van der Waals surface area contributed by atoms with Crippen LogP contribution in [0.15, 0.2) is 18.2 Å². The Hall–Kier alpha value is -0.700.